The molecule has 3 heteroatoms. The zero-order chi connectivity index (χ0) is 17.8. The summed E-state index contributed by atoms with van der Waals surface area (Å²) in [7, 11) is 1.77. The minimum Gasteiger partial charge on any atom is -0.385 e. The zero-order valence-corrected chi connectivity index (χ0v) is 15.6. The molecule has 1 aliphatic rings. The lowest BCUT2D eigenvalue weighted by molar-refractivity contribution is 0.190. The number of nitrogens with zero attached hydrogens (tertiary/aromatic N) is 1. The predicted molar refractivity (Wildman–Crippen MR) is 108 cm³/mol. The molecule has 1 aromatic heterocycles. The number of nitrogens with one attached hydrogen (secondary N) is 1. The van der Waals surface area contributed by atoms with Crippen LogP contribution in [0.4, 0.5) is 0 Å². The van der Waals surface area contributed by atoms with Gasteiger partial charge in [0.05, 0.1) is 0 Å². The van der Waals surface area contributed by atoms with Crippen LogP contribution in [0.2, 0.25) is 0 Å². The third-order valence-corrected chi connectivity index (χ3v) is 5.19. The van der Waals surface area contributed by atoms with E-state index in [0.717, 1.165) is 38.6 Å². The number of rotatable bonds is 9. The van der Waals surface area contributed by atoms with Crippen molar-refractivity contribution in [1.29, 1.82) is 0 Å². The first-order valence-corrected chi connectivity index (χ1v) is 9.70. The normalized spacial score (nSPS) is 14.2. The highest BCUT2D eigenvalue weighted by molar-refractivity contribution is 5.85. The topological polar surface area (TPSA) is 26.2 Å². The van der Waals surface area contributed by atoms with Gasteiger partial charge in [-0.25, -0.2) is 0 Å². The Balaban J connectivity index is 1.62. The molecule has 1 saturated carbocycles. The van der Waals surface area contributed by atoms with Crippen molar-refractivity contribution in [3.05, 3.63) is 71.4 Å². The molecule has 4 rings (SSSR count). The molecule has 0 aliphatic heterocycles. The molecule has 0 radical (unpaired) electrons. The van der Waals surface area contributed by atoms with Gasteiger partial charge in [0.15, 0.2) is 0 Å². The Morgan fingerprint density at radius 2 is 1.92 bits per heavy atom. The van der Waals surface area contributed by atoms with Gasteiger partial charge in [-0.15, -0.1) is 0 Å². The first-order valence-electron chi connectivity index (χ1n) is 9.70. The largest absolute Gasteiger partial charge is 0.385 e. The molecule has 26 heavy (non-hydrogen) atoms. The summed E-state index contributed by atoms with van der Waals surface area (Å²) in [4.78, 5) is 0. The number of ether oxygens (including phenoxy) is 1. The molecule has 1 fully saturated rings. The third kappa shape index (κ3) is 4.17. The van der Waals surface area contributed by atoms with Crippen LogP contribution in [0, 0.1) is 0 Å². The third-order valence-electron chi connectivity index (χ3n) is 5.19. The minimum absolute atomic E-state index is 0.743. The average Bonchev–Trinajstić information content (AvgIpc) is 3.45. The van der Waals surface area contributed by atoms with E-state index in [1.54, 1.807) is 7.11 Å². The maximum Gasteiger partial charge on any atom is 0.0486 e. The Hall–Kier alpha value is -2.10. The number of hydrogen-bond donors (Lipinski definition) is 1. The highest BCUT2D eigenvalue weighted by atomic mass is 16.5. The summed E-state index contributed by atoms with van der Waals surface area (Å²) >= 11 is 0. The van der Waals surface area contributed by atoms with E-state index in [1.807, 2.05) is 0 Å². The molecule has 0 saturated heterocycles. The fourth-order valence-corrected chi connectivity index (χ4v) is 3.59. The second-order valence-electron chi connectivity index (χ2n) is 7.36. The summed E-state index contributed by atoms with van der Waals surface area (Å²) in [5.74, 6) is 0. The Kier molecular flexibility index (Phi) is 5.37. The maximum absolute atomic E-state index is 5.25. The van der Waals surface area contributed by atoms with Gasteiger partial charge in [-0.2, -0.15) is 0 Å². The summed E-state index contributed by atoms with van der Waals surface area (Å²) < 4.78 is 7.66. The maximum atomic E-state index is 5.25. The quantitative estimate of drug-likeness (QED) is 0.575. The van der Waals surface area contributed by atoms with Crippen molar-refractivity contribution in [3.8, 4) is 0 Å². The van der Waals surface area contributed by atoms with Crippen molar-refractivity contribution in [2.75, 3.05) is 13.7 Å². The van der Waals surface area contributed by atoms with Crippen molar-refractivity contribution in [1.82, 2.24) is 9.88 Å². The van der Waals surface area contributed by atoms with Crippen LogP contribution in [0.15, 0.2) is 54.7 Å². The van der Waals surface area contributed by atoms with Crippen molar-refractivity contribution in [3.63, 3.8) is 0 Å². The van der Waals surface area contributed by atoms with Crippen LogP contribution in [0.25, 0.3) is 10.9 Å². The summed E-state index contributed by atoms with van der Waals surface area (Å²) in [5.41, 5.74) is 5.50. The van der Waals surface area contributed by atoms with Gasteiger partial charge in [0, 0.05) is 49.9 Å². The van der Waals surface area contributed by atoms with Crippen molar-refractivity contribution < 1.29 is 4.74 Å². The SMILES string of the molecule is COCCCn1cc(Cc2ccccc2)c2ccc(CNC3CC3)cc21. The molecule has 0 spiro atoms. The molecule has 1 N–H and O–H groups in total. The van der Waals surface area contributed by atoms with Gasteiger partial charge in [0.25, 0.3) is 0 Å². The number of fused-ring (bicyclic) bond motifs is 1. The highest BCUT2D eigenvalue weighted by Crippen LogP contribution is 2.26. The van der Waals surface area contributed by atoms with E-state index in [9.17, 15) is 0 Å². The van der Waals surface area contributed by atoms with Crippen LogP contribution in [0.3, 0.4) is 0 Å². The molecule has 1 heterocycles. The molecule has 0 bridgehead atoms. The number of methoxy groups -OCH3 is 1. The van der Waals surface area contributed by atoms with Gasteiger partial charge in [-0.3, -0.25) is 0 Å². The fourth-order valence-electron chi connectivity index (χ4n) is 3.59. The second kappa shape index (κ2) is 8.07. The van der Waals surface area contributed by atoms with Gasteiger partial charge < -0.3 is 14.6 Å². The van der Waals surface area contributed by atoms with Gasteiger partial charge >= 0.3 is 0 Å². The monoisotopic (exact) mass is 348 g/mol. The highest BCUT2D eigenvalue weighted by Gasteiger charge is 2.20. The average molecular weight is 348 g/mol. The fraction of sp³-hybridized carbons (Fsp3) is 0.391. The predicted octanol–water partition coefficient (Wildman–Crippen LogP) is 4.52. The van der Waals surface area contributed by atoms with Crippen LogP contribution in [0.1, 0.15) is 36.0 Å². The standard InChI is InChI=1S/C23H28N2O/c1-26-13-5-12-25-17-20(14-18-6-3-2-4-7-18)22-11-8-19(15-23(22)25)16-24-21-9-10-21/h2-4,6-8,11,15,17,21,24H,5,9-10,12-14,16H2,1H3. The van der Waals surface area contributed by atoms with Crippen LogP contribution in [-0.2, 0) is 24.2 Å². The molecule has 136 valence electrons. The lowest BCUT2D eigenvalue weighted by atomic mass is 10.0. The molecule has 0 unspecified atom stereocenters. The summed E-state index contributed by atoms with van der Waals surface area (Å²) in [6, 6.07) is 18.4. The van der Waals surface area contributed by atoms with Crippen LogP contribution in [-0.4, -0.2) is 24.3 Å². The van der Waals surface area contributed by atoms with Gasteiger partial charge in [-0.1, -0.05) is 42.5 Å². The number of benzene rings is 2. The molecule has 1 aliphatic carbocycles. The lowest BCUT2D eigenvalue weighted by Gasteiger charge is -2.07. The van der Waals surface area contributed by atoms with E-state index in [2.05, 4.69) is 64.6 Å². The number of hydrogen-bond acceptors (Lipinski definition) is 2. The van der Waals surface area contributed by atoms with Crippen molar-refractivity contribution >= 4 is 10.9 Å². The Morgan fingerprint density at radius 1 is 1.08 bits per heavy atom. The Bertz CT molecular complexity index is 849. The van der Waals surface area contributed by atoms with Gasteiger partial charge in [-0.05, 0) is 48.4 Å². The zero-order valence-electron chi connectivity index (χ0n) is 15.6. The Labute approximate surface area is 156 Å². The molecule has 0 atom stereocenters. The van der Waals surface area contributed by atoms with Gasteiger partial charge in [0.1, 0.15) is 0 Å². The van der Waals surface area contributed by atoms with E-state index in [-0.39, 0.29) is 0 Å². The van der Waals surface area contributed by atoms with Gasteiger partial charge in [0.2, 0.25) is 0 Å². The first-order chi connectivity index (χ1) is 12.8. The summed E-state index contributed by atoms with van der Waals surface area (Å²) in [6.45, 7) is 2.77. The van der Waals surface area contributed by atoms with E-state index in [1.165, 1.54) is 40.4 Å². The van der Waals surface area contributed by atoms with Crippen molar-refractivity contribution in [2.45, 2.75) is 44.8 Å². The van der Waals surface area contributed by atoms with E-state index < -0.39 is 0 Å². The minimum atomic E-state index is 0.743. The van der Waals surface area contributed by atoms with Crippen LogP contribution in [0.5, 0.6) is 0 Å². The van der Waals surface area contributed by atoms with E-state index in [4.69, 9.17) is 4.74 Å². The number of aryl methyl sites for hydroxylation is 1. The molecule has 0 amide bonds. The van der Waals surface area contributed by atoms with Crippen LogP contribution < -0.4 is 5.32 Å². The van der Waals surface area contributed by atoms with E-state index >= 15 is 0 Å². The Morgan fingerprint density at radius 3 is 2.69 bits per heavy atom. The first kappa shape index (κ1) is 17.3. The molecule has 3 aromatic rings. The molecular formula is C23H28N2O. The van der Waals surface area contributed by atoms with E-state index in [0.29, 0.717) is 0 Å². The van der Waals surface area contributed by atoms with Crippen LogP contribution >= 0.6 is 0 Å². The number of aromatic nitrogens is 1. The lowest BCUT2D eigenvalue weighted by Crippen LogP contribution is -2.15. The smallest absolute Gasteiger partial charge is 0.0486 e. The summed E-state index contributed by atoms with van der Waals surface area (Å²) in [5, 5.41) is 5.00. The summed E-state index contributed by atoms with van der Waals surface area (Å²) in [6.07, 6.45) is 7.02. The van der Waals surface area contributed by atoms with Crippen molar-refractivity contribution in [2.24, 2.45) is 0 Å². The molecule has 2 aromatic carbocycles. The molecular weight excluding hydrogens is 320 g/mol. The second-order valence-corrected chi connectivity index (χ2v) is 7.36. The molecule has 3 nitrogen and oxygen atoms in total.